The Labute approximate surface area is 186 Å². The Morgan fingerprint density at radius 1 is 1.00 bits per heavy atom. The van der Waals surface area contributed by atoms with Gasteiger partial charge in [0.1, 0.15) is 0 Å². The highest BCUT2D eigenvalue weighted by Crippen LogP contribution is 2.73. The third-order valence-electron chi connectivity index (χ3n) is 11.1. The second-order valence-corrected chi connectivity index (χ2v) is 12.7. The van der Waals surface area contributed by atoms with Crippen molar-refractivity contribution in [2.45, 2.75) is 97.9 Å². The highest BCUT2D eigenvalue weighted by atomic mass is 16.7. The second kappa shape index (κ2) is 6.36. The zero-order valence-electron chi connectivity index (χ0n) is 19.8. The summed E-state index contributed by atoms with van der Waals surface area (Å²) in [5.74, 6) is -1.20. The minimum atomic E-state index is -1.56. The monoisotopic (exact) mass is 432 g/mol. The molecule has 5 aliphatic rings. The first-order valence-corrected chi connectivity index (χ1v) is 12.3. The lowest BCUT2D eigenvalue weighted by Gasteiger charge is -2.70. The molecule has 0 spiro atoms. The second-order valence-electron chi connectivity index (χ2n) is 12.7. The quantitative estimate of drug-likeness (QED) is 0.546. The number of esters is 1. The molecule has 31 heavy (non-hydrogen) atoms. The third-order valence-corrected chi connectivity index (χ3v) is 11.1. The first kappa shape index (κ1) is 21.9. The van der Waals surface area contributed by atoms with Gasteiger partial charge in [-0.1, -0.05) is 34.1 Å². The molecule has 3 fully saturated rings. The summed E-state index contributed by atoms with van der Waals surface area (Å²) < 4.78 is 5.37. The number of rotatable bonds is 1. The van der Waals surface area contributed by atoms with Crippen molar-refractivity contribution in [2.75, 3.05) is 6.61 Å². The predicted molar refractivity (Wildman–Crippen MR) is 117 cm³/mol. The molecule has 0 radical (unpaired) electrons. The van der Waals surface area contributed by atoms with E-state index in [4.69, 9.17) is 4.74 Å². The van der Waals surface area contributed by atoms with Gasteiger partial charge < -0.3 is 20.1 Å². The van der Waals surface area contributed by atoms with Crippen molar-refractivity contribution in [3.8, 4) is 0 Å². The fourth-order valence-electron chi connectivity index (χ4n) is 9.80. The first-order valence-electron chi connectivity index (χ1n) is 12.3. The van der Waals surface area contributed by atoms with Gasteiger partial charge in [0.15, 0.2) is 0 Å². The van der Waals surface area contributed by atoms with E-state index in [0.29, 0.717) is 29.9 Å². The van der Waals surface area contributed by atoms with Crippen LogP contribution >= 0.6 is 0 Å². The average molecular weight is 433 g/mol. The van der Waals surface area contributed by atoms with Crippen molar-refractivity contribution in [1.82, 2.24) is 0 Å². The molecular formula is C26H40O5. The molecular weight excluding hydrogens is 392 g/mol. The van der Waals surface area contributed by atoms with Crippen LogP contribution in [0.2, 0.25) is 0 Å². The fraction of sp³-hybridized carbons (Fsp3) is 0.885. The van der Waals surface area contributed by atoms with Gasteiger partial charge in [-0.15, -0.1) is 0 Å². The molecule has 0 aromatic rings. The number of aliphatic hydroxyl groups excluding tert-OH is 2. The molecule has 3 N–H and O–H groups in total. The minimum absolute atomic E-state index is 0.0616. The van der Waals surface area contributed by atoms with Crippen LogP contribution < -0.4 is 0 Å². The molecule has 3 saturated carbocycles. The maximum atomic E-state index is 12.9. The molecule has 0 aromatic carbocycles. The van der Waals surface area contributed by atoms with E-state index >= 15 is 0 Å². The van der Waals surface area contributed by atoms with E-state index in [1.54, 1.807) is 6.92 Å². The number of fused-ring (bicyclic) bond motifs is 6. The van der Waals surface area contributed by atoms with E-state index in [2.05, 4.69) is 20.8 Å². The van der Waals surface area contributed by atoms with Crippen LogP contribution in [-0.4, -0.2) is 39.8 Å². The number of carbonyl (C=O) groups excluding carboxylic acids is 1. The number of cyclic esters (lactones) is 1. The van der Waals surface area contributed by atoms with Crippen molar-refractivity contribution in [3.63, 3.8) is 0 Å². The Balaban J connectivity index is 1.63. The summed E-state index contributed by atoms with van der Waals surface area (Å²) in [6.07, 6.45) is 6.89. The molecule has 5 heteroatoms. The van der Waals surface area contributed by atoms with Crippen LogP contribution in [0.3, 0.4) is 0 Å². The molecule has 0 amide bonds. The molecule has 0 saturated heterocycles. The number of hydrogen-bond donors (Lipinski definition) is 3. The van der Waals surface area contributed by atoms with Gasteiger partial charge >= 0.3 is 5.97 Å². The Kier molecular flexibility index (Phi) is 4.49. The molecule has 5 nitrogen and oxygen atoms in total. The lowest BCUT2D eigenvalue weighted by Crippen LogP contribution is -2.67. The summed E-state index contributed by atoms with van der Waals surface area (Å²) in [6, 6.07) is 0. The molecule has 1 heterocycles. The number of aliphatic hydroxyl groups is 3. The largest absolute Gasteiger partial charge is 0.426 e. The highest BCUT2D eigenvalue weighted by molar-refractivity contribution is 5.94. The van der Waals surface area contributed by atoms with Crippen molar-refractivity contribution in [2.24, 2.45) is 39.4 Å². The Bertz CT molecular complexity index is 843. The van der Waals surface area contributed by atoms with Gasteiger partial charge in [-0.2, -0.15) is 0 Å². The maximum Gasteiger partial charge on any atom is 0.337 e. The van der Waals surface area contributed by atoms with Crippen LogP contribution in [0.4, 0.5) is 0 Å². The summed E-state index contributed by atoms with van der Waals surface area (Å²) in [5, 5.41) is 33.3. The third kappa shape index (κ3) is 2.52. The standard InChI is InChI=1S/C26H40O5/c1-22(2)10-6-11-26(14-27)16(22)9-12-23(3)17-8-7-15-20(21(29)31-25(15,5)30)24(17,4)19(28)13-18(23)26/h16-19,27-28,30H,6-14H2,1-5H3. The molecule has 5 rings (SSSR count). The molecule has 0 bridgehead atoms. The van der Waals surface area contributed by atoms with E-state index in [-0.39, 0.29) is 34.7 Å². The Morgan fingerprint density at radius 3 is 2.39 bits per heavy atom. The van der Waals surface area contributed by atoms with Crippen LogP contribution in [0.25, 0.3) is 0 Å². The molecule has 8 unspecified atom stereocenters. The van der Waals surface area contributed by atoms with Gasteiger partial charge in [-0.25, -0.2) is 4.79 Å². The average Bonchev–Trinajstić information content (AvgIpc) is 2.92. The van der Waals surface area contributed by atoms with Gasteiger partial charge in [0.2, 0.25) is 5.79 Å². The van der Waals surface area contributed by atoms with Gasteiger partial charge in [0.05, 0.1) is 11.7 Å². The SMILES string of the molecule is CC1(O)OC(=O)C2=C1CCC1C3(C)CCC4C(C)(C)CCCC4(CO)C3CC(O)C21C. The number of ether oxygens (including phenoxy) is 1. The van der Waals surface area contributed by atoms with E-state index < -0.39 is 23.3 Å². The number of hydrogen-bond acceptors (Lipinski definition) is 5. The van der Waals surface area contributed by atoms with Crippen LogP contribution in [0.1, 0.15) is 86.0 Å². The first-order chi connectivity index (χ1) is 14.3. The van der Waals surface area contributed by atoms with Crippen LogP contribution in [0, 0.1) is 39.4 Å². The van der Waals surface area contributed by atoms with E-state index in [9.17, 15) is 20.1 Å². The van der Waals surface area contributed by atoms with Gasteiger partial charge in [-0.3, -0.25) is 0 Å². The van der Waals surface area contributed by atoms with Crippen LogP contribution in [0.5, 0.6) is 0 Å². The van der Waals surface area contributed by atoms with Crippen molar-refractivity contribution >= 4 is 5.97 Å². The van der Waals surface area contributed by atoms with Gasteiger partial charge in [0.25, 0.3) is 0 Å². The highest BCUT2D eigenvalue weighted by Gasteiger charge is 2.70. The summed E-state index contributed by atoms with van der Waals surface area (Å²) in [7, 11) is 0. The Hall–Kier alpha value is -0.910. The smallest absolute Gasteiger partial charge is 0.337 e. The summed E-state index contributed by atoms with van der Waals surface area (Å²) in [6.45, 7) is 10.9. The maximum absolute atomic E-state index is 12.9. The normalized spacial score (nSPS) is 53.2. The van der Waals surface area contributed by atoms with Crippen molar-refractivity contribution in [1.29, 1.82) is 0 Å². The fourth-order valence-corrected chi connectivity index (χ4v) is 9.80. The Morgan fingerprint density at radius 2 is 1.71 bits per heavy atom. The lowest BCUT2D eigenvalue weighted by atomic mass is 9.35. The summed E-state index contributed by atoms with van der Waals surface area (Å²) >= 11 is 0. The van der Waals surface area contributed by atoms with Crippen molar-refractivity contribution < 1.29 is 24.9 Å². The molecule has 4 aliphatic carbocycles. The molecule has 174 valence electrons. The van der Waals surface area contributed by atoms with Crippen molar-refractivity contribution in [3.05, 3.63) is 11.1 Å². The van der Waals surface area contributed by atoms with Gasteiger partial charge in [-0.05, 0) is 73.5 Å². The lowest BCUT2D eigenvalue weighted by molar-refractivity contribution is -0.233. The molecule has 0 aromatic heterocycles. The van der Waals surface area contributed by atoms with E-state index in [1.165, 1.54) is 6.42 Å². The summed E-state index contributed by atoms with van der Waals surface area (Å²) in [4.78, 5) is 12.9. The summed E-state index contributed by atoms with van der Waals surface area (Å²) in [5.41, 5.74) is 0.460. The zero-order chi connectivity index (χ0) is 22.6. The predicted octanol–water partition coefficient (Wildman–Crippen LogP) is 3.95. The molecule has 8 atom stereocenters. The molecule has 1 aliphatic heterocycles. The van der Waals surface area contributed by atoms with Crippen LogP contribution in [0.15, 0.2) is 11.1 Å². The number of carbonyl (C=O) groups is 1. The van der Waals surface area contributed by atoms with Gasteiger partial charge in [0, 0.05) is 29.9 Å². The minimum Gasteiger partial charge on any atom is -0.426 e. The van der Waals surface area contributed by atoms with E-state index in [0.717, 1.165) is 32.1 Å². The zero-order valence-corrected chi connectivity index (χ0v) is 19.8. The van der Waals surface area contributed by atoms with E-state index in [1.807, 2.05) is 6.92 Å². The van der Waals surface area contributed by atoms with Crippen LogP contribution in [-0.2, 0) is 9.53 Å². The topological polar surface area (TPSA) is 87.0 Å².